The maximum Gasteiger partial charge on any atom is 0.123 e. The van der Waals surface area contributed by atoms with Crippen LogP contribution in [0, 0.1) is 0 Å². The Hall–Kier alpha value is -1.22. The van der Waals surface area contributed by atoms with Gasteiger partial charge in [-0.3, -0.25) is 0 Å². The lowest BCUT2D eigenvalue weighted by atomic mass is 9.77. The molecule has 94 valence electrons. The normalized spacial score (nSPS) is 17.3. The lowest BCUT2D eigenvalue weighted by molar-refractivity contribution is -0.0126. The molecule has 1 aromatic rings. The van der Waals surface area contributed by atoms with Gasteiger partial charge in [0.15, 0.2) is 0 Å². The van der Waals surface area contributed by atoms with Gasteiger partial charge in [0.25, 0.3) is 0 Å². The molecule has 0 saturated heterocycles. The minimum Gasteiger partial charge on any atom is -0.494 e. The fourth-order valence-electron chi connectivity index (χ4n) is 2.28. The van der Waals surface area contributed by atoms with Crippen LogP contribution in [0.3, 0.4) is 0 Å². The molecular formula is C14H21NO2. The average molecular weight is 235 g/mol. The van der Waals surface area contributed by atoms with E-state index in [9.17, 15) is 0 Å². The van der Waals surface area contributed by atoms with Crippen LogP contribution in [0.15, 0.2) is 24.3 Å². The highest BCUT2D eigenvalue weighted by atomic mass is 16.5. The van der Waals surface area contributed by atoms with Crippen LogP contribution < -0.4 is 15.2 Å². The minimum atomic E-state index is -0.0143. The summed E-state index contributed by atoms with van der Waals surface area (Å²) in [5.74, 6) is 1.76. The summed E-state index contributed by atoms with van der Waals surface area (Å²) in [7, 11) is 0. The summed E-state index contributed by atoms with van der Waals surface area (Å²) < 4.78 is 11.6. The molecule has 3 nitrogen and oxygen atoms in total. The molecule has 1 fully saturated rings. The summed E-state index contributed by atoms with van der Waals surface area (Å²) >= 11 is 0. The summed E-state index contributed by atoms with van der Waals surface area (Å²) in [5, 5.41) is 0. The quantitative estimate of drug-likeness (QED) is 0.824. The number of hydrogen-bond acceptors (Lipinski definition) is 3. The highest BCUT2D eigenvalue weighted by Crippen LogP contribution is 2.39. The van der Waals surface area contributed by atoms with Gasteiger partial charge in [-0.25, -0.2) is 0 Å². The third kappa shape index (κ3) is 2.91. The Labute approximate surface area is 103 Å². The van der Waals surface area contributed by atoms with E-state index in [4.69, 9.17) is 15.2 Å². The van der Waals surface area contributed by atoms with Gasteiger partial charge in [0.05, 0.1) is 6.61 Å². The molecule has 0 radical (unpaired) electrons. The Balaban J connectivity index is 2.04. The predicted molar refractivity (Wildman–Crippen MR) is 68.5 cm³/mol. The van der Waals surface area contributed by atoms with Crippen LogP contribution in [0.1, 0.15) is 32.6 Å². The summed E-state index contributed by atoms with van der Waals surface area (Å²) in [5.41, 5.74) is 5.64. The number of hydrogen-bond donors (Lipinski definition) is 1. The zero-order valence-corrected chi connectivity index (χ0v) is 10.4. The number of ether oxygens (including phenoxy) is 2. The predicted octanol–water partition coefficient (Wildman–Crippen LogP) is 2.74. The van der Waals surface area contributed by atoms with Crippen molar-refractivity contribution in [2.45, 2.75) is 38.2 Å². The van der Waals surface area contributed by atoms with Gasteiger partial charge in [0.2, 0.25) is 0 Å². The molecule has 1 aliphatic rings. The first-order chi connectivity index (χ1) is 8.28. The summed E-state index contributed by atoms with van der Waals surface area (Å²) in [6.07, 6.45) is 4.41. The standard InChI is InChI=1S/C14H21NO2/c1-2-16-12-5-3-6-13(11-12)17-14(9-10-15)7-4-8-14/h3,5-6,11H,2,4,7-10,15H2,1H3. The molecule has 1 aromatic carbocycles. The van der Waals surface area contributed by atoms with Crippen molar-refractivity contribution in [1.82, 2.24) is 0 Å². The van der Waals surface area contributed by atoms with Crippen LogP contribution in [0.2, 0.25) is 0 Å². The van der Waals surface area contributed by atoms with Crippen LogP contribution in [0.25, 0.3) is 0 Å². The van der Waals surface area contributed by atoms with E-state index in [0.29, 0.717) is 13.2 Å². The van der Waals surface area contributed by atoms with Gasteiger partial charge in [-0.1, -0.05) is 6.07 Å². The lowest BCUT2D eigenvalue weighted by Crippen LogP contribution is -2.44. The zero-order valence-electron chi connectivity index (χ0n) is 10.4. The second-order valence-corrected chi connectivity index (χ2v) is 4.59. The van der Waals surface area contributed by atoms with Gasteiger partial charge in [-0.15, -0.1) is 0 Å². The van der Waals surface area contributed by atoms with Gasteiger partial charge in [-0.05, 0) is 51.3 Å². The Morgan fingerprint density at radius 2 is 2.06 bits per heavy atom. The van der Waals surface area contributed by atoms with Gasteiger partial charge in [0.1, 0.15) is 17.1 Å². The highest BCUT2D eigenvalue weighted by molar-refractivity contribution is 5.33. The topological polar surface area (TPSA) is 44.5 Å². The molecule has 0 heterocycles. The number of rotatable bonds is 6. The monoisotopic (exact) mass is 235 g/mol. The van der Waals surface area contributed by atoms with Gasteiger partial charge in [-0.2, -0.15) is 0 Å². The first-order valence-electron chi connectivity index (χ1n) is 6.40. The fraction of sp³-hybridized carbons (Fsp3) is 0.571. The maximum atomic E-state index is 6.11. The third-order valence-electron chi connectivity index (χ3n) is 3.32. The van der Waals surface area contributed by atoms with Crippen molar-refractivity contribution in [3.8, 4) is 11.5 Å². The Morgan fingerprint density at radius 1 is 1.29 bits per heavy atom. The Kier molecular flexibility index (Phi) is 3.89. The van der Waals surface area contributed by atoms with Crippen LogP contribution in [0.4, 0.5) is 0 Å². The molecule has 1 aliphatic carbocycles. The molecule has 1 saturated carbocycles. The fourth-order valence-corrected chi connectivity index (χ4v) is 2.28. The van der Waals surface area contributed by atoms with E-state index in [1.54, 1.807) is 0 Å². The summed E-state index contributed by atoms with van der Waals surface area (Å²) in [6, 6.07) is 7.86. The van der Waals surface area contributed by atoms with E-state index in [1.165, 1.54) is 6.42 Å². The molecule has 2 rings (SSSR count). The largest absolute Gasteiger partial charge is 0.494 e. The van der Waals surface area contributed by atoms with E-state index in [2.05, 4.69) is 0 Å². The molecule has 0 aromatic heterocycles. The van der Waals surface area contributed by atoms with E-state index < -0.39 is 0 Å². The number of benzene rings is 1. The SMILES string of the molecule is CCOc1cccc(OC2(CCN)CCC2)c1. The smallest absolute Gasteiger partial charge is 0.123 e. The molecule has 0 amide bonds. The molecule has 0 spiro atoms. The van der Waals surface area contributed by atoms with E-state index in [0.717, 1.165) is 30.8 Å². The van der Waals surface area contributed by atoms with Gasteiger partial charge in [0, 0.05) is 6.07 Å². The first kappa shape index (κ1) is 12.2. The maximum absolute atomic E-state index is 6.11. The first-order valence-corrected chi connectivity index (χ1v) is 6.40. The van der Waals surface area contributed by atoms with Crippen molar-refractivity contribution < 1.29 is 9.47 Å². The lowest BCUT2D eigenvalue weighted by Gasteiger charge is -2.41. The molecule has 2 N–H and O–H groups in total. The molecule has 0 atom stereocenters. The van der Waals surface area contributed by atoms with Gasteiger partial charge < -0.3 is 15.2 Å². The van der Waals surface area contributed by atoms with Crippen LogP contribution in [0.5, 0.6) is 11.5 Å². The second kappa shape index (κ2) is 5.41. The van der Waals surface area contributed by atoms with Crippen molar-refractivity contribution in [2.75, 3.05) is 13.2 Å². The van der Waals surface area contributed by atoms with Crippen molar-refractivity contribution in [2.24, 2.45) is 5.73 Å². The zero-order chi connectivity index (χ0) is 12.1. The summed E-state index contributed by atoms with van der Waals surface area (Å²) in [4.78, 5) is 0. The number of nitrogens with two attached hydrogens (primary N) is 1. The second-order valence-electron chi connectivity index (χ2n) is 4.59. The summed E-state index contributed by atoms with van der Waals surface area (Å²) in [6.45, 7) is 3.35. The van der Waals surface area contributed by atoms with Crippen LogP contribution in [-0.2, 0) is 0 Å². The molecule has 17 heavy (non-hydrogen) atoms. The van der Waals surface area contributed by atoms with E-state index in [1.807, 2.05) is 31.2 Å². The van der Waals surface area contributed by atoms with Crippen LogP contribution in [-0.4, -0.2) is 18.8 Å². The van der Waals surface area contributed by atoms with Crippen molar-refractivity contribution in [3.05, 3.63) is 24.3 Å². The molecule has 0 unspecified atom stereocenters. The molecular weight excluding hydrogens is 214 g/mol. The Morgan fingerprint density at radius 3 is 2.65 bits per heavy atom. The average Bonchev–Trinajstić information content (AvgIpc) is 2.27. The van der Waals surface area contributed by atoms with Crippen molar-refractivity contribution >= 4 is 0 Å². The van der Waals surface area contributed by atoms with E-state index >= 15 is 0 Å². The molecule has 0 aliphatic heterocycles. The van der Waals surface area contributed by atoms with Crippen molar-refractivity contribution in [1.29, 1.82) is 0 Å². The van der Waals surface area contributed by atoms with Crippen LogP contribution >= 0.6 is 0 Å². The third-order valence-corrected chi connectivity index (χ3v) is 3.32. The molecule has 0 bridgehead atoms. The van der Waals surface area contributed by atoms with Crippen molar-refractivity contribution in [3.63, 3.8) is 0 Å². The van der Waals surface area contributed by atoms with Gasteiger partial charge >= 0.3 is 0 Å². The minimum absolute atomic E-state index is 0.0143. The Bertz CT molecular complexity index is 361. The molecule has 3 heteroatoms. The highest BCUT2D eigenvalue weighted by Gasteiger charge is 2.38. The van der Waals surface area contributed by atoms with E-state index in [-0.39, 0.29) is 5.60 Å².